The largest absolute Gasteiger partial charge is 0.411 e. The van der Waals surface area contributed by atoms with Gasteiger partial charge < -0.3 is 5.21 Å². The van der Waals surface area contributed by atoms with Crippen molar-refractivity contribution in [1.29, 1.82) is 0 Å². The molecule has 0 amide bonds. The summed E-state index contributed by atoms with van der Waals surface area (Å²) in [7, 11) is -4.03. The number of aromatic nitrogens is 2. The SMILES string of the molecule is C=CCN(c1nc2ccccn2c(=O)c1/C=N/O)S(=O)(=O)c1ccccc1. The van der Waals surface area contributed by atoms with E-state index in [1.165, 1.54) is 28.8 Å². The lowest BCUT2D eigenvalue weighted by Crippen LogP contribution is -2.35. The average molecular weight is 384 g/mol. The Morgan fingerprint density at radius 3 is 2.56 bits per heavy atom. The van der Waals surface area contributed by atoms with E-state index in [0.29, 0.717) is 0 Å². The average Bonchev–Trinajstić information content (AvgIpc) is 2.69. The summed E-state index contributed by atoms with van der Waals surface area (Å²) in [6.45, 7) is 3.47. The Kier molecular flexibility index (Phi) is 5.04. The van der Waals surface area contributed by atoms with Crippen LogP contribution in [-0.2, 0) is 10.0 Å². The number of fused-ring (bicyclic) bond motifs is 1. The topological polar surface area (TPSA) is 104 Å². The summed E-state index contributed by atoms with van der Waals surface area (Å²) >= 11 is 0. The molecule has 2 heterocycles. The van der Waals surface area contributed by atoms with E-state index >= 15 is 0 Å². The van der Waals surface area contributed by atoms with Gasteiger partial charge in [0.15, 0.2) is 5.82 Å². The number of hydrogen-bond acceptors (Lipinski definition) is 6. The zero-order valence-electron chi connectivity index (χ0n) is 14.1. The van der Waals surface area contributed by atoms with Crippen LogP contribution in [0, 0.1) is 0 Å². The third kappa shape index (κ3) is 3.32. The predicted molar refractivity (Wildman–Crippen MR) is 102 cm³/mol. The molecule has 0 spiro atoms. The summed E-state index contributed by atoms with van der Waals surface area (Å²) in [6, 6.07) is 12.7. The highest BCUT2D eigenvalue weighted by molar-refractivity contribution is 7.92. The minimum Gasteiger partial charge on any atom is -0.411 e. The lowest BCUT2D eigenvalue weighted by molar-refractivity contribution is 0.322. The molecule has 0 aliphatic rings. The molecular formula is C18H16N4O4S. The van der Waals surface area contributed by atoms with Crippen molar-refractivity contribution < 1.29 is 13.6 Å². The summed E-state index contributed by atoms with van der Waals surface area (Å²) in [5.74, 6) is -0.146. The zero-order valence-corrected chi connectivity index (χ0v) is 15.0. The van der Waals surface area contributed by atoms with Gasteiger partial charge >= 0.3 is 0 Å². The van der Waals surface area contributed by atoms with Gasteiger partial charge in [0.1, 0.15) is 11.2 Å². The molecule has 0 saturated carbocycles. The van der Waals surface area contributed by atoms with Gasteiger partial charge in [0.2, 0.25) is 0 Å². The van der Waals surface area contributed by atoms with E-state index in [0.717, 1.165) is 10.5 Å². The lowest BCUT2D eigenvalue weighted by Gasteiger charge is -2.23. The molecule has 1 aromatic carbocycles. The highest BCUT2D eigenvalue weighted by atomic mass is 32.2. The number of rotatable bonds is 6. The summed E-state index contributed by atoms with van der Waals surface area (Å²) in [5, 5.41) is 11.9. The normalized spacial score (nSPS) is 11.7. The molecular weight excluding hydrogens is 368 g/mol. The van der Waals surface area contributed by atoms with Gasteiger partial charge in [-0.05, 0) is 24.3 Å². The molecule has 0 unspecified atom stereocenters. The Labute approximate surface area is 155 Å². The van der Waals surface area contributed by atoms with Crippen molar-refractivity contribution in [2.24, 2.45) is 5.16 Å². The number of oxime groups is 1. The Hall–Kier alpha value is -3.46. The number of sulfonamides is 1. The molecule has 0 saturated heterocycles. The number of pyridine rings is 1. The van der Waals surface area contributed by atoms with Crippen LogP contribution in [-0.4, -0.2) is 35.8 Å². The number of anilines is 1. The number of benzene rings is 1. The first-order valence-corrected chi connectivity index (χ1v) is 9.32. The number of hydrogen-bond donors (Lipinski definition) is 1. The van der Waals surface area contributed by atoms with Gasteiger partial charge in [0.25, 0.3) is 15.6 Å². The Balaban J connectivity index is 2.34. The number of nitrogens with zero attached hydrogens (tertiary/aromatic N) is 4. The van der Waals surface area contributed by atoms with Crippen LogP contribution < -0.4 is 9.86 Å². The van der Waals surface area contributed by atoms with Crippen molar-refractivity contribution >= 4 is 27.7 Å². The summed E-state index contributed by atoms with van der Waals surface area (Å²) in [5.41, 5.74) is -0.474. The molecule has 0 radical (unpaired) electrons. The summed E-state index contributed by atoms with van der Waals surface area (Å²) in [6.07, 6.45) is 3.75. The second-order valence-corrected chi connectivity index (χ2v) is 7.33. The van der Waals surface area contributed by atoms with Crippen molar-refractivity contribution in [3.63, 3.8) is 0 Å². The Morgan fingerprint density at radius 1 is 1.19 bits per heavy atom. The fourth-order valence-electron chi connectivity index (χ4n) is 2.59. The van der Waals surface area contributed by atoms with Crippen LogP contribution in [0.15, 0.2) is 82.2 Å². The smallest absolute Gasteiger partial charge is 0.269 e. The molecule has 9 heteroatoms. The quantitative estimate of drug-likeness (QED) is 0.302. The Morgan fingerprint density at radius 2 is 1.89 bits per heavy atom. The summed E-state index contributed by atoms with van der Waals surface area (Å²) in [4.78, 5) is 17.1. The molecule has 0 bridgehead atoms. The van der Waals surface area contributed by atoms with Crippen molar-refractivity contribution in [3.8, 4) is 0 Å². The maximum absolute atomic E-state index is 13.1. The first kappa shape index (κ1) is 18.3. The van der Waals surface area contributed by atoms with Gasteiger partial charge in [-0.3, -0.25) is 9.20 Å². The van der Waals surface area contributed by atoms with Gasteiger partial charge in [-0.1, -0.05) is 35.5 Å². The second-order valence-electron chi connectivity index (χ2n) is 5.47. The molecule has 0 fully saturated rings. The van der Waals surface area contributed by atoms with E-state index in [4.69, 9.17) is 5.21 Å². The first-order chi connectivity index (χ1) is 13.0. The third-order valence-corrected chi connectivity index (χ3v) is 5.57. The molecule has 8 nitrogen and oxygen atoms in total. The standard InChI is InChI=1S/C18H16N4O4S/c1-2-11-22(27(25,26)14-8-4-3-5-9-14)17-15(13-19-24)18(23)21-12-7-6-10-16(21)20-17/h2-10,12-13,24H,1,11H2/b19-13+. The van der Waals surface area contributed by atoms with Gasteiger partial charge in [-0.25, -0.2) is 17.7 Å². The van der Waals surface area contributed by atoms with Crippen LogP contribution in [0.4, 0.5) is 5.82 Å². The Bertz CT molecular complexity index is 1170. The van der Waals surface area contributed by atoms with E-state index < -0.39 is 15.6 Å². The fourth-order valence-corrected chi connectivity index (χ4v) is 4.01. The van der Waals surface area contributed by atoms with E-state index in [2.05, 4.69) is 16.7 Å². The van der Waals surface area contributed by atoms with Crippen molar-refractivity contribution in [3.05, 3.63) is 83.3 Å². The highest BCUT2D eigenvalue weighted by Gasteiger charge is 2.28. The van der Waals surface area contributed by atoms with Crippen molar-refractivity contribution in [1.82, 2.24) is 9.38 Å². The van der Waals surface area contributed by atoms with Crippen LogP contribution in [0.3, 0.4) is 0 Å². The predicted octanol–water partition coefficient (Wildman–Crippen LogP) is 1.88. The van der Waals surface area contributed by atoms with Gasteiger partial charge in [0, 0.05) is 6.20 Å². The van der Waals surface area contributed by atoms with E-state index in [1.807, 2.05) is 0 Å². The minimum absolute atomic E-state index is 0.0359. The fraction of sp³-hybridized carbons (Fsp3) is 0.0556. The molecule has 0 atom stereocenters. The minimum atomic E-state index is -4.03. The van der Waals surface area contributed by atoms with Crippen LogP contribution in [0.2, 0.25) is 0 Å². The van der Waals surface area contributed by atoms with E-state index in [-0.39, 0.29) is 28.5 Å². The van der Waals surface area contributed by atoms with E-state index in [9.17, 15) is 13.2 Å². The molecule has 27 heavy (non-hydrogen) atoms. The first-order valence-electron chi connectivity index (χ1n) is 7.88. The van der Waals surface area contributed by atoms with Gasteiger partial charge in [-0.2, -0.15) is 0 Å². The van der Waals surface area contributed by atoms with Crippen molar-refractivity contribution in [2.45, 2.75) is 4.90 Å². The van der Waals surface area contributed by atoms with Crippen LogP contribution in [0.1, 0.15) is 5.56 Å². The molecule has 0 aliphatic carbocycles. The monoisotopic (exact) mass is 384 g/mol. The highest BCUT2D eigenvalue weighted by Crippen LogP contribution is 2.23. The maximum Gasteiger partial charge on any atom is 0.269 e. The van der Waals surface area contributed by atoms with Gasteiger partial charge in [0.05, 0.1) is 17.7 Å². The summed E-state index contributed by atoms with van der Waals surface area (Å²) < 4.78 is 28.5. The molecule has 138 valence electrons. The third-order valence-electron chi connectivity index (χ3n) is 3.80. The lowest BCUT2D eigenvalue weighted by atomic mass is 10.3. The van der Waals surface area contributed by atoms with Crippen LogP contribution in [0.25, 0.3) is 5.65 Å². The molecule has 2 aromatic heterocycles. The van der Waals surface area contributed by atoms with Crippen LogP contribution >= 0.6 is 0 Å². The molecule has 3 aromatic rings. The van der Waals surface area contributed by atoms with Crippen molar-refractivity contribution in [2.75, 3.05) is 10.8 Å². The van der Waals surface area contributed by atoms with Gasteiger partial charge in [-0.15, -0.1) is 6.58 Å². The maximum atomic E-state index is 13.1. The van der Waals surface area contributed by atoms with E-state index in [1.54, 1.807) is 36.4 Å². The molecule has 1 N–H and O–H groups in total. The molecule has 0 aliphatic heterocycles. The second kappa shape index (κ2) is 7.42. The van der Waals surface area contributed by atoms with Crippen LogP contribution in [0.5, 0.6) is 0 Å². The molecule has 3 rings (SSSR count). The zero-order chi connectivity index (χ0) is 19.4.